The summed E-state index contributed by atoms with van der Waals surface area (Å²) in [5, 5.41) is 2.93. The van der Waals surface area contributed by atoms with Crippen LogP contribution in [0.4, 0.5) is 4.79 Å². The van der Waals surface area contributed by atoms with E-state index in [-0.39, 0.29) is 24.3 Å². The molecule has 1 aliphatic carbocycles. The van der Waals surface area contributed by atoms with E-state index in [9.17, 15) is 14.4 Å². The van der Waals surface area contributed by atoms with Gasteiger partial charge in [0.15, 0.2) is 0 Å². The van der Waals surface area contributed by atoms with Crippen LogP contribution in [0.5, 0.6) is 5.75 Å². The Kier molecular flexibility index (Phi) is 6.21. The number of carbonyl (C=O) groups is 3. The second-order valence-electron chi connectivity index (χ2n) is 9.32. The largest absolute Gasteiger partial charge is 0.497 e. The van der Waals surface area contributed by atoms with E-state index in [1.165, 1.54) is 5.56 Å². The number of urea groups is 1. The molecule has 168 valence electrons. The van der Waals surface area contributed by atoms with Crippen LogP contribution in [-0.2, 0) is 16.0 Å². The summed E-state index contributed by atoms with van der Waals surface area (Å²) in [6.07, 6.45) is 6.45. The van der Waals surface area contributed by atoms with Crippen LogP contribution < -0.4 is 10.1 Å². The number of amides is 4. The molecule has 2 unspecified atom stereocenters. The van der Waals surface area contributed by atoms with Crippen molar-refractivity contribution in [1.82, 2.24) is 15.1 Å². The predicted octanol–water partition coefficient (Wildman–Crippen LogP) is 2.98. The predicted molar refractivity (Wildman–Crippen MR) is 117 cm³/mol. The van der Waals surface area contributed by atoms with Crippen molar-refractivity contribution in [2.75, 3.05) is 26.7 Å². The first kappa shape index (κ1) is 21.7. The molecule has 1 saturated carbocycles. The van der Waals surface area contributed by atoms with Crippen LogP contribution in [0, 0.1) is 11.8 Å². The maximum atomic E-state index is 13.1. The molecular weight excluding hydrogens is 394 g/mol. The second kappa shape index (κ2) is 8.89. The summed E-state index contributed by atoms with van der Waals surface area (Å²) in [6.45, 7) is 3.22. The van der Waals surface area contributed by atoms with Crippen LogP contribution in [0.2, 0.25) is 0 Å². The topological polar surface area (TPSA) is 79.0 Å². The first-order valence-electron chi connectivity index (χ1n) is 11.5. The number of hydrogen-bond acceptors (Lipinski definition) is 4. The van der Waals surface area contributed by atoms with Crippen LogP contribution in [0.25, 0.3) is 0 Å². The van der Waals surface area contributed by atoms with Gasteiger partial charge in [-0.25, -0.2) is 4.79 Å². The third-order valence-corrected chi connectivity index (χ3v) is 7.45. The molecule has 3 fully saturated rings. The van der Waals surface area contributed by atoms with Gasteiger partial charge in [0.1, 0.15) is 17.8 Å². The smallest absolute Gasteiger partial charge is 0.325 e. The molecule has 1 N–H and O–H groups in total. The normalized spacial score (nSPS) is 27.0. The van der Waals surface area contributed by atoms with Crippen molar-refractivity contribution in [3.63, 3.8) is 0 Å². The molecule has 4 amide bonds. The van der Waals surface area contributed by atoms with E-state index in [2.05, 4.69) is 17.4 Å². The SMILES string of the molecule is COc1ccc(CC2CCN(C(=O)CN3C(=O)NC4(CCCCC4C)C3=O)CC2)cc1. The average Bonchev–Trinajstić information content (AvgIpc) is 3.01. The number of rotatable bonds is 5. The molecule has 2 heterocycles. The lowest BCUT2D eigenvalue weighted by Gasteiger charge is -2.37. The highest BCUT2D eigenvalue weighted by molar-refractivity contribution is 6.09. The summed E-state index contributed by atoms with van der Waals surface area (Å²) in [7, 11) is 1.66. The molecule has 4 rings (SSSR count). The van der Waals surface area contributed by atoms with E-state index < -0.39 is 11.6 Å². The highest BCUT2D eigenvalue weighted by Crippen LogP contribution is 2.38. The maximum absolute atomic E-state index is 13.1. The number of nitrogens with one attached hydrogen (secondary N) is 1. The molecule has 7 nitrogen and oxygen atoms in total. The van der Waals surface area contributed by atoms with Gasteiger partial charge in [-0.1, -0.05) is 31.9 Å². The minimum absolute atomic E-state index is 0.103. The highest BCUT2D eigenvalue weighted by atomic mass is 16.5. The van der Waals surface area contributed by atoms with E-state index in [0.29, 0.717) is 25.4 Å². The van der Waals surface area contributed by atoms with Crippen LogP contribution in [-0.4, -0.2) is 59.9 Å². The van der Waals surface area contributed by atoms with Gasteiger partial charge in [0.2, 0.25) is 5.91 Å². The third-order valence-electron chi connectivity index (χ3n) is 7.45. The number of nitrogens with zero attached hydrogens (tertiary/aromatic N) is 2. The fraction of sp³-hybridized carbons (Fsp3) is 0.625. The summed E-state index contributed by atoms with van der Waals surface area (Å²) in [4.78, 5) is 41.4. The fourth-order valence-electron chi connectivity index (χ4n) is 5.36. The molecule has 31 heavy (non-hydrogen) atoms. The average molecular weight is 428 g/mol. The Labute approximate surface area is 184 Å². The summed E-state index contributed by atoms with van der Waals surface area (Å²) >= 11 is 0. The lowest BCUT2D eigenvalue weighted by atomic mass is 9.73. The first-order chi connectivity index (χ1) is 14.9. The molecule has 1 aromatic carbocycles. The molecule has 1 spiro atoms. The quantitative estimate of drug-likeness (QED) is 0.733. The number of methoxy groups -OCH3 is 1. The maximum Gasteiger partial charge on any atom is 0.325 e. The summed E-state index contributed by atoms with van der Waals surface area (Å²) in [5.41, 5.74) is 0.470. The summed E-state index contributed by atoms with van der Waals surface area (Å²) in [6, 6.07) is 7.73. The Balaban J connectivity index is 1.30. The molecular formula is C24H33N3O4. The Hall–Kier alpha value is -2.57. The minimum Gasteiger partial charge on any atom is -0.497 e. The van der Waals surface area contributed by atoms with Crippen molar-refractivity contribution in [3.8, 4) is 5.75 Å². The second-order valence-corrected chi connectivity index (χ2v) is 9.32. The molecule has 1 aromatic rings. The number of piperidine rings is 1. The van der Waals surface area contributed by atoms with E-state index in [4.69, 9.17) is 4.74 Å². The van der Waals surface area contributed by atoms with E-state index in [1.807, 2.05) is 19.1 Å². The van der Waals surface area contributed by atoms with Gasteiger partial charge in [0.05, 0.1) is 7.11 Å². The van der Waals surface area contributed by atoms with Gasteiger partial charge < -0.3 is 15.0 Å². The summed E-state index contributed by atoms with van der Waals surface area (Å²) < 4.78 is 5.21. The van der Waals surface area contributed by atoms with Gasteiger partial charge in [-0.3, -0.25) is 14.5 Å². The minimum atomic E-state index is -0.805. The molecule has 7 heteroatoms. The molecule has 2 aliphatic heterocycles. The van der Waals surface area contributed by atoms with Gasteiger partial charge in [-0.2, -0.15) is 0 Å². The molecule has 0 aromatic heterocycles. The number of hydrogen-bond donors (Lipinski definition) is 1. The molecule has 0 radical (unpaired) electrons. The van der Waals surface area contributed by atoms with E-state index in [0.717, 1.165) is 49.2 Å². The van der Waals surface area contributed by atoms with Gasteiger partial charge >= 0.3 is 6.03 Å². The standard InChI is InChI=1S/C24H33N3O4/c1-17-5-3-4-12-24(17)22(29)27(23(30)25-24)16-21(28)26-13-10-19(11-14-26)15-18-6-8-20(31-2)9-7-18/h6-9,17,19H,3-5,10-16H2,1-2H3,(H,25,30). The Bertz CT molecular complexity index is 832. The molecule has 0 bridgehead atoms. The zero-order chi connectivity index (χ0) is 22.0. The van der Waals surface area contributed by atoms with Gasteiger partial charge in [-0.15, -0.1) is 0 Å². The van der Waals surface area contributed by atoms with Gasteiger partial charge in [-0.05, 0) is 61.6 Å². The van der Waals surface area contributed by atoms with Crippen molar-refractivity contribution in [3.05, 3.63) is 29.8 Å². The molecule has 3 aliphatic rings. The van der Waals surface area contributed by atoms with Crippen molar-refractivity contribution in [2.45, 2.75) is 57.4 Å². The zero-order valence-corrected chi connectivity index (χ0v) is 18.6. The number of imide groups is 1. The molecule has 2 atom stereocenters. The molecule has 2 saturated heterocycles. The third kappa shape index (κ3) is 4.27. The lowest BCUT2D eigenvalue weighted by Crippen LogP contribution is -2.54. The lowest BCUT2D eigenvalue weighted by molar-refractivity contribution is -0.141. The van der Waals surface area contributed by atoms with Crippen molar-refractivity contribution >= 4 is 17.8 Å². The van der Waals surface area contributed by atoms with Gasteiger partial charge in [0.25, 0.3) is 5.91 Å². The Morgan fingerprint density at radius 3 is 2.48 bits per heavy atom. The van der Waals surface area contributed by atoms with Crippen LogP contribution in [0.3, 0.4) is 0 Å². The van der Waals surface area contributed by atoms with Crippen LogP contribution >= 0.6 is 0 Å². The number of benzene rings is 1. The number of carbonyl (C=O) groups excluding carboxylic acids is 3. The van der Waals surface area contributed by atoms with Crippen LogP contribution in [0.1, 0.15) is 51.0 Å². The number of ether oxygens (including phenoxy) is 1. The van der Waals surface area contributed by atoms with Crippen LogP contribution in [0.15, 0.2) is 24.3 Å². The Morgan fingerprint density at radius 1 is 1.13 bits per heavy atom. The first-order valence-corrected chi connectivity index (χ1v) is 11.5. The number of likely N-dealkylation sites (tertiary alicyclic amines) is 1. The van der Waals surface area contributed by atoms with Crippen molar-refractivity contribution in [2.24, 2.45) is 11.8 Å². The van der Waals surface area contributed by atoms with Crippen molar-refractivity contribution in [1.29, 1.82) is 0 Å². The Morgan fingerprint density at radius 2 is 1.84 bits per heavy atom. The van der Waals surface area contributed by atoms with Gasteiger partial charge in [0, 0.05) is 13.1 Å². The summed E-state index contributed by atoms with van der Waals surface area (Å²) in [5.74, 6) is 1.14. The van der Waals surface area contributed by atoms with E-state index in [1.54, 1.807) is 12.0 Å². The van der Waals surface area contributed by atoms with Crippen molar-refractivity contribution < 1.29 is 19.1 Å². The monoisotopic (exact) mass is 427 g/mol. The highest BCUT2D eigenvalue weighted by Gasteiger charge is 2.55. The van der Waals surface area contributed by atoms with E-state index >= 15 is 0 Å². The fourth-order valence-corrected chi connectivity index (χ4v) is 5.36. The zero-order valence-electron chi connectivity index (χ0n) is 18.6.